The van der Waals surface area contributed by atoms with Gasteiger partial charge in [-0.05, 0) is 12.1 Å². The molecule has 0 unspecified atom stereocenters. The molecule has 0 fully saturated rings. The van der Waals surface area contributed by atoms with E-state index in [1.807, 2.05) is 6.07 Å². The number of carbonyl (C=O) groups is 1. The zero-order valence-electron chi connectivity index (χ0n) is 11.4. The monoisotopic (exact) mass is 286 g/mol. The Hall–Kier alpha value is -1.46. The molecule has 0 bridgehead atoms. The van der Waals surface area contributed by atoms with Gasteiger partial charge in [0.2, 0.25) is 5.91 Å². The summed E-state index contributed by atoms with van der Waals surface area (Å²) in [4.78, 5) is 13.1. The van der Waals surface area contributed by atoms with Crippen LogP contribution in [0.2, 0.25) is 5.02 Å². The van der Waals surface area contributed by atoms with Gasteiger partial charge in [-0.25, -0.2) is 0 Å². The first-order valence-corrected chi connectivity index (χ1v) is 6.28. The van der Waals surface area contributed by atoms with Gasteiger partial charge in [-0.15, -0.1) is 0 Å². The van der Waals surface area contributed by atoms with Crippen molar-refractivity contribution < 1.29 is 14.3 Å². The zero-order chi connectivity index (χ0) is 14.3. The summed E-state index contributed by atoms with van der Waals surface area (Å²) >= 11 is 6.09. The summed E-state index contributed by atoms with van der Waals surface area (Å²) in [5, 5.41) is 3.52. The Kier molecular flexibility index (Phi) is 6.45. The van der Waals surface area contributed by atoms with Gasteiger partial charge >= 0.3 is 0 Å². The average Bonchev–Trinajstić information content (AvgIpc) is 2.38. The maximum absolute atomic E-state index is 11.5. The number of benzene rings is 1. The topological polar surface area (TPSA) is 50.8 Å². The smallest absolute Gasteiger partial charge is 0.241 e. The lowest BCUT2D eigenvalue weighted by Crippen LogP contribution is -2.28. The van der Waals surface area contributed by atoms with E-state index in [1.54, 1.807) is 33.3 Å². The second-order valence-corrected chi connectivity index (χ2v) is 4.51. The summed E-state index contributed by atoms with van der Waals surface area (Å²) in [6, 6.07) is 5.35. The molecular formula is C13H19ClN2O3. The second-order valence-electron chi connectivity index (χ2n) is 4.10. The predicted octanol–water partition coefficient (Wildman–Crippen LogP) is 1.87. The van der Waals surface area contributed by atoms with Gasteiger partial charge in [0.1, 0.15) is 6.61 Å². The van der Waals surface area contributed by atoms with Crippen molar-refractivity contribution in [1.29, 1.82) is 0 Å². The number of halogens is 1. The van der Waals surface area contributed by atoms with Gasteiger partial charge in [0.25, 0.3) is 0 Å². The van der Waals surface area contributed by atoms with Crippen LogP contribution in [0.5, 0.6) is 5.75 Å². The van der Waals surface area contributed by atoms with Crippen LogP contribution in [-0.4, -0.2) is 51.8 Å². The summed E-state index contributed by atoms with van der Waals surface area (Å²) < 4.78 is 10.5. The van der Waals surface area contributed by atoms with Crippen LogP contribution < -0.4 is 10.1 Å². The van der Waals surface area contributed by atoms with Gasteiger partial charge in [0.05, 0.1) is 23.9 Å². The largest absolute Gasteiger partial charge is 0.487 e. The molecule has 0 aliphatic carbocycles. The van der Waals surface area contributed by atoms with E-state index in [4.69, 9.17) is 21.1 Å². The van der Waals surface area contributed by atoms with Crippen LogP contribution >= 0.6 is 11.6 Å². The number of amides is 1. The quantitative estimate of drug-likeness (QED) is 0.778. The zero-order valence-corrected chi connectivity index (χ0v) is 12.2. The number of carbonyl (C=O) groups excluding carboxylic acids is 1. The summed E-state index contributed by atoms with van der Waals surface area (Å²) in [5.41, 5.74) is 0.693. The van der Waals surface area contributed by atoms with Crippen molar-refractivity contribution in [2.24, 2.45) is 0 Å². The number of nitrogens with zero attached hydrogens (tertiary/aromatic N) is 1. The number of methoxy groups -OCH3 is 1. The fourth-order valence-electron chi connectivity index (χ4n) is 1.35. The van der Waals surface area contributed by atoms with Crippen molar-refractivity contribution in [3.05, 3.63) is 23.2 Å². The van der Waals surface area contributed by atoms with E-state index in [1.165, 1.54) is 4.90 Å². The van der Waals surface area contributed by atoms with E-state index in [-0.39, 0.29) is 12.5 Å². The molecule has 1 N–H and O–H groups in total. The number of likely N-dealkylation sites (N-methyl/N-ethyl adjacent to an activating group) is 1. The minimum atomic E-state index is -0.0252. The van der Waals surface area contributed by atoms with Crippen LogP contribution in [0, 0.1) is 0 Å². The van der Waals surface area contributed by atoms with Crippen molar-refractivity contribution in [3.63, 3.8) is 0 Å². The second kappa shape index (κ2) is 7.86. The van der Waals surface area contributed by atoms with Crippen LogP contribution in [0.4, 0.5) is 5.69 Å². The minimum absolute atomic E-state index is 0.0252. The molecule has 0 heterocycles. The molecule has 1 amide bonds. The minimum Gasteiger partial charge on any atom is -0.487 e. The number of hydrogen-bond acceptors (Lipinski definition) is 4. The molecule has 1 aromatic carbocycles. The molecule has 0 atom stereocenters. The molecule has 0 radical (unpaired) electrons. The first-order chi connectivity index (χ1) is 9.06. The van der Waals surface area contributed by atoms with Crippen molar-refractivity contribution in [2.45, 2.75) is 0 Å². The third-order valence-corrected chi connectivity index (χ3v) is 2.73. The molecule has 1 aromatic rings. The molecule has 1 rings (SSSR count). The highest BCUT2D eigenvalue weighted by atomic mass is 35.5. The molecule has 0 aromatic heterocycles. The number of nitrogens with one attached hydrogen (secondary N) is 1. The maximum Gasteiger partial charge on any atom is 0.241 e. The maximum atomic E-state index is 11.5. The van der Waals surface area contributed by atoms with E-state index < -0.39 is 0 Å². The lowest BCUT2D eigenvalue weighted by atomic mass is 10.3. The summed E-state index contributed by atoms with van der Waals surface area (Å²) in [6.07, 6.45) is 0. The van der Waals surface area contributed by atoms with E-state index in [2.05, 4.69) is 5.32 Å². The Labute approximate surface area is 118 Å². The Morgan fingerprint density at radius 1 is 1.37 bits per heavy atom. The lowest BCUT2D eigenvalue weighted by molar-refractivity contribution is -0.126. The lowest BCUT2D eigenvalue weighted by Gasteiger charge is -2.16. The van der Waals surface area contributed by atoms with E-state index in [9.17, 15) is 4.79 Å². The average molecular weight is 287 g/mol. The van der Waals surface area contributed by atoms with Gasteiger partial charge in [0.15, 0.2) is 5.75 Å². The molecule has 0 spiro atoms. The number of para-hydroxylation sites is 1. The van der Waals surface area contributed by atoms with Gasteiger partial charge < -0.3 is 19.7 Å². The Morgan fingerprint density at radius 3 is 2.74 bits per heavy atom. The first kappa shape index (κ1) is 15.6. The van der Waals surface area contributed by atoms with Gasteiger partial charge in [0, 0.05) is 21.2 Å². The third kappa shape index (κ3) is 4.96. The number of ether oxygens (including phenoxy) is 2. The van der Waals surface area contributed by atoms with E-state index >= 15 is 0 Å². The standard InChI is InChI=1S/C13H19ClN2O3/c1-16(2)12(17)9-15-11-6-4-5-10(14)13(11)19-8-7-18-3/h4-6,15H,7-9H2,1-3H3. The fraction of sp³-hybridized carbons (Fsp3) is 0.462. The molecule has 0 saturated heterocycles. The molecule has 106 valence electrons. The van der Waals surface area contributed by atoms with Gasteiger partial charge in [-0.2, -0.15) is 0 Å². The highest BCUT2D eigenvalue weighted by Gasteiger charge is 2.10. The van der Waals surface area contributed by atoms with Crippen LogP contribution in [0.25, 0.3) is 0 Å². The molecule has 5 nitrogen and oxygen atoms in total. The van der Waals surface area contributed by atoms with Crippen molar-refractivity contribution in [3.8, 4) is 5.75 Å². The Bertz CT molecular complexity index is 424. The first-order valence-electron chi connectivity index (χ1n) is 5.90. The van der Waals surface area contributed by atoms with Crippen LogP contribution in [0.15, 0.2) is 18.2 Å². The van der Waals surface area contributed by atoms with E-state index in [0.29, 0.717) is 29.7 Å². The van der Waals surface area contributed by atoms with Crippen molar-refractivity contribution in [2.75, 3.05) is 46.3 Å². The van der Waals surface area contributed by atoms with Gasteiger partial charge in [-0.1, -0.05) is 17.7 Å². The van der Waals surface area contributed by atoms with Crippen LogP contribution in [-0.2, 0) is 9.53 Å². The molecule has 0 aliphatic heterocycles. The fourth-order valence-corrected chi connectivity index (χ4v) is 1.58. The number of rotatable bonds is 7. The normalized spacial score (nSPS) is 10.1. The van der Waals surface area contributed by atoms with Crippen LogP contribution in [0.1, 0.15) is 0 Å². The number of hydrogen-bond donors (Lipinski definition) is 1. The van der Waals surface area contributed by atoms with Crippen molar-refractivity contribution >= 4 is 23.2 Å². The number of anilines is 1. The van der Waals surface area contributed by atoms with Crippen molar-refractivity contribution in [1.82, 2.24) is 4.90 Å². The Morgan fingerprint density at radius 2 is 2.11 bits per heavy atom. The predicted molar refractivity (Wildman–Crippen MR) is 76.0 cm³/mol. The summed E-state index contributed by atoms with van der Waals surface area (Å²) in [7, 11) is 5.01. The highest BCUT2D eigenvalue weighted by molar-refractivity contribution is 6.32. The van der Waals surface area contributed by atoms with Gasteiger partial charge in [-0.3, -0.25) is 4.79 Å². The summed E-state index contributed by atoms with van der Waals surface area (Å²) in [6.45, 7) is 1.06. The Balaban J connectivity index is 2.70. The molecule has 19 heavy (non-hydrogen) atoms. The molecule has 6 heteroatoms. The van der Waals surface area contributed by atoms with Crippen LogP contribution in [0.3, 0.4) is 0 Å². The summed E-state index contributed by atoms with van der Waals surface area (Å²) in [5.74, 6) is 0.510. The molecule has 0 aliphatic rings. The molecule has 0 saturated carbocycles. The highest BCUT2D eigenvalue weighted by Crippen LogP contribution is 2.32. The third-order valence-electron chi connectivity index (χ3n) is 2.43. The SMILES string of the molecule is COCCOc1c(Cl)cccc1NCC(=O)N(C)C. The van der Waals surface area contributed by atoms with E-state index in [0.717, 1.165) is 0 Å². The molecular weight excluding hydrogens is 268 g/mol.